The second-order valence-corrected chi connectivity index (χ2v) is 6.65. The van der Waals surface area contributed by atoms with Crippen molar-refractivity contribution in [2.75, 3.05) is 6.61 Å². The Balaban J connectivity index is 2.00. The van der Waals surface area contributed by atoms with Gasteiger partial charge in [-0.05, 0) is 18.6 Å². The third-order valence-electron chi connectivity index (χ3n) is 4.29. The SMILES string of the molecule is CCCCCCCCCCOc1c(OC(C)=O)c2ccc(O)cc2oc1=O. The molecule has 0 saturated carbocycles. The maximum Gasteiger partial charge on any atom is 0.383 e. The molecule has 6 nitrogen and oxygen atoms in total. The third kappa shape index (κ3) is 6.31. The monoisotopic (exact) mass is 376 g/mol. The van der Waals surface area contributed by atoms with Gasteiger partial charge in [0, 0.05) is 13.0 Å². The number of esters is 1. The smallest absolute Gasteiger partial charge is 0.383 e. The second-order valence-electron chi connectivity index (χ2n) is 6.65. The van der Waals surface area contributed by atoms with Gasteiger partial charge in [-0.2, -0.15) is 0 Å². The number of phenolic OH excluding ortho intramolecular Hbond substituents is 1. The molecule has 0 bridgehead atoms. The first-order valence-corrected chi connectivity index (χ1v) is 9.64. The van der Waals surface area contributed by atoms with Gasteiger partial charge >= 0.3 is 11.6 Å². The van der Waals surface area contributed by atoms with Crippen LogP contribution in [0.25, 0.3) is 11.0 Å². The van der Waals surface area contributed by atoms with Crippen LogP contribution >= 0.6 is 0 Å². The van der Waals surface area contributed by atoms with Gasteiger partial charge in [0.25, 0.3) is 0 Å². The zero-order valence-corrected chi connectivity index (χ0v) is 16.1. The summed E-state index contributed by atoms with van der Waals surface area (Å²) in [6.45, 7) is 3.80. The number of fused-ring (bicyclic) bond motifs is 1. The van der Waals surface area contributed by atoms with Gasteiger partial charge in [-0.1, -0.05) is 51.9 Å². The van der Waals surface area contributed by atoms with Crippen molar-refractivity contribution in [3.05, 3.63) is 28.6 Å². The summed E-state index contributed by atoms with van der Waals surface area (Å²) in [5.41, 5.74) is -0.598. The predicted molar refractivity (Wildman–Crippen MR) is 104 cm³/mol. The summed E-state index contributed by atoms with van der Waals surface area (Å²) in [6, 6.07) is 4.25. The van der Waals surface area contributed by atoms with Gasteiger partial charge in [-0.25, -0.2) is 4.79 Å². The summed E-state index contributed by atoms with van der Waals surface area (Å²) >= 11 is 0. The van der Waals surface area contributed by atoms with Gasteiger partial charge in [0.2, 0.25) is 5.75 Å². The topological polar surface area (TPSA) is 86.0 Å². The minimum Gasteiger partial charge on any atom is -0.508 e. The van der Waals surface area contributed by atoms with E-state index >= 15 is 0 Å². The van der Waals surface area contributed by atoms with E-state index in [1.54, 1.807) is 0 Å². The normalized spacial score (nSPS) is 10.9. The van der Waals surface area contributed by atoms with Crippen LogP contribution in [0.2, 0.25) is 0 Å². The molecule has 0 amide bonds. The number of carbonyl (C=O) groups is 1. The lowest BCUT2D eigenvalue weighted by atomic mass is 10.1. The molecule has 0 atom stereocenters. The van der Waals surface area contributed by atoms with Gasteiger partial charge in [0.15, 0.2) is 5.75 Å². The molecular formula is C21H28O6. The molecule has 1 aromatic heterocycles. The van der Waals surface area contributed by atoms with Crippen LogP contribution in [0.4, 0.5) is 0 Å². The quantitative estimate of drug-likeness (QED) is 0.339. The molecular weight excluding hydrogens is 348 g/mol. The van der Waals surface area contributed by atoms with E-state index in [9.17, 15) is 14.7 Å². The zero-order valence-electron chi connectivity index (χ0n) is 16.1. The van der Waals surface area contributed by atoms with Crippen molar-refractivity contribution >= 4 is 16.9 Å². The second kappa shape index (κ2) is 10.6. The van der Waals surface area contributed by atoms with Crippen molar-refractivity contribution in [2.24, 2.45) is 0 Å². The minimum atomic E-state index is -0.732. The first kappa shape index (κ1) is 20.8. The van der Waals surface area contributed by atoms with Crippen LogP contribution in [0, 0.1) is 0 Å². The Morgan fingerprint density at radius 2 is 1.70 bits per heavy atom. The van der Waals surface area contributed by atoms with Crippen LogP contribution < -0.4 is 15.1 Å². The molecule has 27 heavy (non-hydrogen) atoms. The lowest BCUT2D eigenvalue weighted by Crippen LogP contribution is -2.13. The van der Waals surface area contributed by atoms with E-state index in [0.29, 0.717) is 12.0 Å². The number of hydrogen-bond donors (Lipinski definition) is 1. The predicted octanol–water partition coefficient (Wildman–Crippen LogP) is 4.94. The molecule has 2 aromatic rings. The lowest BCUT2D eigenvalue weighted by molar-refractivity contribution is -0.131. The Kier molecular flexibility index (Phi) is 8.17. The van der Waals surface area contributed by atoms with Crippen LogP contribution in [0.1, 0.15) is 65.2 Å². The number of unbranched alkanes of at least 4 members (excludes halogenated alkanes) is 7. The molecule has 2 rings (SSSR count). The van der Waals surface area contributed by atoms with E-state index in [0.717, 1.165) is 19.3 Å². The molecule has 0 unspecified atom stereocenters. The number of carbonyl (C=O) groups excluding carboxylic acids is 1. The molecule has 0 aliphatic rings. The summed E-state index contributed by atoms with van der Waals surface area (Å²) in [5.74, 6) is -0.682. The first-order valence-electron chi connectivity index (χ1n) is 9.64. The highest BCUT2D eigenvalue weighted by Gasteiger charge is 2.19. The molecule has 1 aromatic carbocycles. The highest BCUT2D eigenvalue weighted by Crippen LogP contribution is 2.34. The molecule has 0 aliphatic heterocycles. The Labute approximate surface area is 159 Å². The van der Waals surface area contributed by atoms with Crippen molar-refractivity contribution in [3.63, 3.8) is 0 Å². The standard InChI is InChI=1S/C21H28O6/c1-3-4-5-6-7-8-9-10-13-25-20-19(26-15(2)22)17-12-11-16(23)14-18(17)27-21(20)24/h11-12,14,23H,3-10,13H2,1-2H3. The molecule has 0 fully saturated rings. The zero-order chi connectivity index (χ0) is 19.6. The summed E-state index contributed by atoms with van der Waals surface area (Å²) < 4.78 is 16.0. The molecule has 148 valence electrons. The summed E-state index contributed by atoms with van der Waals surface area (Å²) in [5, 5.41) is 9.95. The average Bonchev–Trinajstić information content (AvgIpc) is 2.61. The van der Waals surface area contributed by atoms with Crippen molar-refractivity contribution in [1.29, 1.82) is 0 Å². The van der Waals surface area contributed by atoms with Crippen LogP contribution in [-0.2, 0) is 4.79 Å². The fourth-order valence-electron chi connectivity index (χ4n) is 2.92. The van der Waals surface area contributed by atoms with Gasteiger partial charge in [-0.3, -0.25) is 4.79 Å². The maximum absolute atomic E-state index is 12.2. The Hall–Kier alpha value is -2.50. The van der Waals surface area contributed by atoms with Crippen LogP contribution in [-0.4, -0.2) is 17.7 Å². The molecule has 0 radical (unpaired) electrons. The van der Waals surface area contributed by atoms with Crippen molar-refractivity contribution in [2.45, 2.75) is 65.2 Å². The fraction of sp³-hybridized carbons (Fsp3) is 0.524. The number of hydrogen-bond acceptors (Lipinski definition) is 6. The maximum atomic E-state index is 12.2. The first-order chi connectivity index (χ1) is 13.0. The highest BCUT2D eigenvalue weighted by atomic mass is 16.6. The van der Waals surface area contributed by atoms with E-state index < -0.39 is 11.6 Å². The van der Waals surface area contributed by atoms with Crippen LogP contribution in [0.3, 0.4) is 0 Å². The van der Waals surface area contributed by atoms with E-state index in [1.807, 2.05) is 0 Å². The van der Waals surface area contributed by atoms with Gasteiger partial charge in [0.1, 0.15) is 11.3 Å². The van der Waals surface area contributed by atoms with Crippen LogP contribution in [0.5, 0.6) is 17.2 Å². The number of aromatic hydroxyl groups is 1. The largest absolute Gasteiger partial charge is 0.508 e. The molecule has 1 N–H and O–H groups in total. The molecule has 6 heteroatoms. The van der Waals surface area contributed by atoms with Gasteiger partial charge < -0.3 is 19.0 Å². The van der Waals surface area contributed by atoms with Gasteiger partial charge in [-0.15, -0.1) is 0 Å². The number of rotatable bonds is 11. The van der Waals surface area contributed by atoms with E-state index in [2.05, 4.69) is 6.92 Å². The van der Waals surface area contributed by atoms with Crippen molar-refractivity contribution in [1.82, 2.24) is 0 Å². The minimum absolute atomic E-state index is 0.0355. The summed E-state index contributed by atoms with van der Waals surface area (Å²) in [6.07, 6.45) is 9.24. The molecule has 0 saturated heterocycles. The number of benzene rings is 1. The van der Waals surface area contributed by atoms with Crippen molar-refractivity contribution in [3.8, 4) is 17.2 Å². The Bertz CT molecular complexity index is 808. The van der Waals surface area contributed by atoms with E-state index in [4.69, 9.17) is 13.9 Å². The summed E-state index contributed by atoms with van der Waals surface area (Å²) in [4.78, 5) is 23.7. The molecule has 0 aliphatic carbocycles. The van der Waals surface area contributed by atoms with Gasteiger partial charge in [0.05, 0.1) is 12.0 Å². The third-order valence-corrected chi connectivity index (χ3v) is 4.29. The summed E-state index contributed by atoms with van der Waals surface area (Å²) in [7, 11) is 0. The van der Waals surface area contributed by atoms with Crippen molar-refractivity contribution < 1.29 is 23.8 Å². The Morgan fingerprint density at radius 1 is 1.04 bits per heavy atom. The van der Waals surface area contributed by atoms with E-state index in [-0.39, 0.29) is 22.8 Å². The lowest BCUT2D eigenvalue weighted by Gasteiger charge is -2.12. The number of phenols is 1. The number of ether oxygens (including phenoxy) is 2. The molecule has 0 spiro atoms. The average molecular weight is 376 g/mol. The highest BCUT2D eigenvalue weighted by molar-refractivity contribution is 5.89. The molecule has 1 heterocycles. The fourth-order valence-corrected chi connectivity index (χ4v) is 2.92. The van der Waals surface area contributed by atoms with E-state index in [1.165, 1.54) is 57.2 Å². The Morgan fingerprint density at radius 3 is 2.37 bits per heavy atom. The van der Waals surface area contributed by atoms with Crippen LogP contribution in [0.15, 0.2) is 27.4 Å².